The SMILES string of the molecule is CC(C)(C)OC(=O)NCCC1CCCN(C(=O)c2n[nH]c(=O)c3ccccc23)C1. The van der Waals surface area contributed by atoms with Gasteiger partial charge in [0.05, 0.1) is 5.39 Å². The van der Waals surface area contributed by atoms with Crippen LogP contribution in [0.25, 0.3) is 10.8 Å². The number of piperidine rings is 1. The number of carbonyl (C=O) groups excluding carboxylic acids is 2. The van der Waals surface area contributed by atoms with E-state index in [0.717, 1.165) is 19.3 Å². The lowest BCUT2D eigenvalue weighted by molar-refractivity contribution is 0.0514. The first kappa shape index (κ1) is 20.8. The number of H-pyrrole nitrogens is 1. The molecule has 29 heavy (non-hydrogen) atoms. The van der Waals surface area contributed by atoms with Crippen molar-refractivity contribution < 1.29 is 14.3 Å². The zero-order valence-electron chi connectivity index (χ0n) is 17.2. The molecule has 0 spiro atoms. The number of nitrogens with zero attached hydrogens (tertiary/aromatic N) is 2. The standard InChI is InChI=1S/C21H28N4O4/c1-21(2,3)29-20(28)22-11-10-14-7-6-12-25(13-14)19(27)17-15-8-4-5-9-16(15)18(26)24-23-17/h4-5,8-9,14H,6-7,10-13H2,1-3H3,(H,22,28)(H,24,26). The van der Waals surface area contributed by atoms with Crippen molar-refractivity contribution in [3.05, 3.63) is 40.3 Å². The average Bonchev–Trinajstić information content (AvgIpc) is 2.67. The summed E-state index contributed by atoms with van der Waals surface area (Å²) >= 11 is 0. The molecule has 156 valence electrons. The van der Waals surface area contributed by atoms with Gasteiger partial charge < -0.3 is 15.0 Å². The van der Waals surface area contributed by atoms with Gasteiger partial charge in [0.2, 0.25) is 0 Å². The second-order valence-electron chi connectivity index (χ2n) is 8.42. The van der Waals surface area contributed by atoms with Gasteiger partial charge in [0.1, 0.15) is 5.60 Å². The predicted molar refractivity (Wildman–Crippen MR) is 110 cm³/mol. The van der Waals surface area contributed by atoms with E-state index in [1.54, 1.807) is 29.2 Å². The van der Waals surface area contributed by atoms with Crippen molar-refractivity contribution in [2.24, 2.45) is 5.92 Å². The predicted octanol–water partition coefficient (Wildman–Crippen LogP) is 2.69. The second-order valence-corrected chi connectivity index (χ2v) is 8.42. The normalized spacial score (nSPS) is 17.2. The number of amides is 2. The highest BCUT2D eigenvalue weighted by Crippen LogP contribution is 2.22. The molecule has 1 aromatic heterocycles. The van der Waals surface area contributed by atoms with E-state index in [2.05, 4.69) is 15.5 Å². The summed E-state index contributed by atoms with van der Waals surface area (Å²) < 4.78 is 5.24. The van der Waals surface area contributed by atoms with E-state index in [-0.39, 0.29) is 23.1 Å². The number of ether oxygens (including phenoxy) is 1. The maximum absolute atomic E-state index is 13.1. The quantitative estimate of drug-likeness (QED) is 0.821. The minimum absolute atomic E-state index is 0.178. The number of aromatic amines is 1. The van der Waals surface area contributed by atoms with Crippen LogP contribution in [0.4, 0.5) is 4.79 Å². The van der Waals surface area contributed by atoms with E-state index in [9.17, 15) is 14.4 Å². The summed E-state index contributed by atoms with van der Waals surface area (Å²) in [5.74, 6) is 0.110. The van der Waals surface area contributed by atoms with Gasteiger partial charge in [-0.15, -0.1) is 0 Å². The maximum Gasteiger partial charge on any atom is 0.407 e. The number of nitrogens with one attached hydrogen (secondary N) is 2. The van der Waals surface area contributed by atoms with Crippen LogP contribution in [0.1, 0.15) is 50.5 Å². The molecule has 3 rings (SSSR count). The molecule has 1 aliphatic heterocycles. The van der Waals surface area contributed by atoms with Gasteiger partial charge in [0, 0.05) is 25.0 Å². The Morgan fingerprint density at radius 3 is 2.72 bits per heavy atom. The largest absolute Gasteiger partial charge is 0.444 e. The van der Waals surface area contributed by atoms with E-state index >= 15 is 0 Å². The maximum atomic E-state index is 13.1. The Kier molecular flexibility index (Phi) is 6.20. The number of fused-ring (bicyclic) bond motifs is 1. The van der Waals surface area contributed by atoms with Crippen LogP contribution in [0.2, 0.25) is 0 Å². The van der Waals surface area contributed by atoms with Crippen LogP contribution in [0.5, 0.6) is 0 Å². The fraction of sp³-hybridized carbons (Fsp3) is 0.524. The first-order valence-corrected chi connectivity index (χ1v) is 9.98. The third-order valence-corrected chi connectivity index (χ3v) is 4.93. The average molecular weight is 400 g/mol. The van der Waals surface area contributed by atoms with Crippen LogP contribution < -0.4 is 10.9 Å². The molecule has 8 nitrogen and oxygen atoms in total. The molecule has 1 fully saturated rings. The smallest absolute Gasteiger partial charge is 0.407 e. The number of hydrogen-bond donors (Lipinski definition) is 2. The summed E-state index contributed by atoms with van der Waals surface area (Å²) in [7, 11) is 0. The first-order valence-electron chi connectivity index (χ1n) is 9.98. The van der Waals surface area contributed by atoms with E-state index in [0.29, 0.717) is 30.4 Å². The number of rotatable bonds is 4. The molecule has 1 aromatic carbocycles. The fourth-order valence-electron chi connectivity index (χ4n) is 3.61. The van der Waals surface area contributed by atoms with Gasteiger partial charge in [-0.05, 0) is 52.0 Å². The molecular weight excluding hydrogens is 372 g/mol. The Morgan fingerprint density at radius 2 is 2.00 bits per heavy atom. The molecule has 2 N–H and O–H groups in total. The van der Waals surface area contributed by atoms with Crippen molar-refractivity contribution in [1.82, 2.24) is 20.4 Å². The Balaban J connectivity index is 1.61. The molecule has 2 aromatic rings. The highest BCUT2D eigenvalue weighted by molar-refractivity contribution is 6.04. The minimum atomic E-state index is -0.523. The molecule has 0 bridgehead atoms. The van der Waals surface area contributed by atoms with E-state index in [1.807, 2.05) is 20.8 Å². The van der Waals surface area contributed by atoms with Crippen molar-refractivity contribution in [3.63, 3.8) is 0 Å². The van der Waals surface area contributed by atoms with Crippen molar-refractivity contribution in [3.8, 4) is 0 Å². The van der Waals surface area contributed by atoms with E-state index < -0.39 is 11.7 Å². The highest BCUT2D eigenvalue weighted by atomic mass is 16.6. The molecular formula is C21H28N4O4. The Labute approximate surface area is 169 Å². The van der Waals surface area contributed by atoms with Crippen LogP contribution in [-0.2, 0) is 4.74 Å². The van der Waals surface area contributed by atoms with Gasteiger partial charge in [0.15, 0.2) is 5.69 Å². The fourth-order valence-corrected chi connectivity index (χ4v) is 3.61. The van der Waals surface area contributed by atoms with Gasteiger partial charge in [-0.2, -0.15) is 5.10 Å². The second kappa shape index (κ2) is 8.63. The lowest BCUT2D eigenvalue weighted by Crippen LogP contribution is -2.42. The molecule has 2 heterocycles. The number of benzene rings is 1. The molecule has 0 radical (unpaired) electrons. The van der Waals surface area contributed by atoms with Crippen molar-refractivity contribution >= 4 is 22.8 Å². The third kappa shape index (κ3) is 5.34. The Morgan fingerprint density at radius 1 is 1.28 bits per heavy atom. The number of aromatic nitrogens is 2. The van der Waals surface area contributed by atoms with E-state index in [1.165, 1.54) is 0 Å². The van der Waals surface area contributed by atoms with Gasteiger partial charge in [-0.25, -0.2) is 9.89 Å². The molecule has 0 aliphatic carbocycles. The van der Waals surface area contributed by atoms with Crippen LogP contribution in [0.15, 0.2) is 29.1 Å². The van der Waals surface area contributed by atoms with Crippen LogP contribution in [0, 0.1) is 5.92 Å². The molecule has 0 saturated carbocycles. The molecule has 1 unspecified atom stereocenters. The molecule has 1 aliphatic rings. The van der Waals surface area contributed by atoms with Gasteiger partial charge in [-0.1, -0.05) is 18.2 Å². The van der Waals surface area contributed by atoms with Gasteiger partial charge >= 0.3 is 6.09 Å². The number of likely N-dealkylation sites (tertiary alicyclic amines) is 1. The van der Waals surface area contributed by atoms with Crippen LogP contribution >= 0.6 is 0 Å². The van der Waals surface area contributed by atoms with Crippen LogP contribution in [0.3, 0.4) is 0 Å². The molecule has 1 atom stereocenters. The van der Waals surface area contributed by atoms with E-state index in [4.69, 9.17) is 4.74 Å². The van der Waals surface area contributed by atoms with Crippen molar-refractivity contribution in [2.75, 3.05) is 19.6 Å². The topological polar surface area (TPSA) is 104 Å². The highest BCUT2D eigenvalue weighted by Gasteiger charge is 2.27. The minimum Gasteiger partial charge on any atom is -0.444 e. The number of alkyl carbamates (subject to hydrolysis) is 1. The summed E-state index contributed by atoms with van der Waals surface area (Å²) in [6, 6.07) is 6.99. The summed E-state index contributed by atoms with van der Waals surface area (Å²) in [5.41, 5.74) is -0.556. The van der Waals surface area contributed by atoms with Crippen LogP contribution in [-0.4, -0.2) is 52.3 Å². The monoisotopic (exact) mass is 400 g/mol. The van der Waals surface area contributed by atoms with Gasteiger partial charge in [-0.3, -0.25) is 9.59 Å². The zero-order chi connectivity index (χ0) is 21.0. The molecule has 2 amide bonds. The molecule has 1 saturated heterocycles. The van der Waals surface area contributed by atoms with Crippen molar-refractivity contribution in [1.29, 1.82) is 0 Å². The van der Waals surface area contributed by atoms with Crippen molar-refractivity contribution in [2.45, 2.75) is 45.6 Å². The third-order valence-electron chi connectivity index (χ3n) is 4.93. The lowest BCUT2D eigenvalue weighted by Gasteiger charge is -2.32. The first-order chi connectivity index (χ1) is 13.7. The Hall–Kier alpha value is -2.90. The lowest BCUT2D eigenvalue weighted by atomic mass is 9.94. The number of hydrogen-bond acceptors (Lipinski definition) is 5. The number of carbonyl (C=O) groups is 2. The summed E-state index contributed by atoms with van der Waals surface area (Å²) in [4.78, 5) is 38.6. The van der Waals surface area contributed by atoms with Gasteiger partial charge in [0.25, 0.3) is 11.5 Å². The Bertz CT molecular complexity index is 948. The molecule has 8 heteroatoms. The summed E-state index contributed by atoms with van der Waals surface area (Å²) in [6.07, 6.45) is 2.23. The zero-order valence-corrected chi connectivity index (χ0v) is 17.2. The summed E-state index contributed by atoms with van der Waals surface area (Å²) in [5, 5.41) is 10.2. The summed E-state index contributed by atoms with van der Waals surface area (Å²) in [6.45, 7) is 7.23.